The van der Waals surface area contributed by atoms with Gasteiger partial charge in [0, 0.05) is 12.1 Å². The van der Waals surface area contributed by atoms with Crippen LogP contribution in [0.4, 0.5) is 0 Å². The molecule has 0 fully saturated rings. The van der Waals surface area contributed by atoms with Crippen LogP contribution in [0.5, 0.6) is 0 Å². The van der Waals surface area contributed by atoms with Crippen molar-refractivity contribution in [3.05, 3.63) is 23.2 Å². The Kier molecular flexibility index (Phi) is 3.06. The van der Waals surface area contributed by atoms with Crippen molar-refractivity contribution in [2.45, 2.75) is 20.3 Å². The smallest absolute Gasteiger partial charge is 0.309 e. The highest BCUT2D eigenvalue weighted by Crippen LogP contribution is 2.21. The van der Waals surface area contributed by atoms with Crippen molar-refractivity contribution in [2.24, 2.45) is 5.41 Å². The predicted molar refractivity (Wildman–Crippen MR) is 52.2 cm³/mol. The first-order valence-electron chi connectivity index (χ1n) is 4.11. The zero-order valence-electron chi connectivity index (χ0n) is 7.99. The summed E-state index contributed by atoms with van der Waals surface area (Å²) in [5.74, 6) is -0.854. The zero-order chi connectivity index (χ0) is 10.8. The van der Waals surface area contributed by atoms with Crippen molar-refractivity contribution in [2.75, 3.05) is 0 Å². The number of aromatic nitrogens is 2. The Morgan fingerprint density at radius 2 is 2.21 bits per heavy atom. The van der Waals surface area contributed by atoms with Crippen molar-refractivity contribution in [3.63, 3.8) is 0 Å². The van der Waals surface area contributed by atoms with Crippen LogP contribution in [-0.4, -0.2) is 21.0 Å². The highest BCUT2D eigenvalue weighted by molar-refractivity contribution is 6.29. The van der Waals surface area contributed by atoms with Gasteiger partial charge in [0.05, 0.1) is 5.41 Å². The SMILES string of the molecule is CC(C)(Cc1cc(Cl)ncn1)C(=O)O. The van der Waals surface area contributed by atoms with E-state index in [1.54, 1.807) is 19.9 Å². The molecule has 0 atom stereocenters. The number of hydrogen-bond donors (Lipinski definition) is 1. The Morgan fingerprint density at radius 3 is 2.71 bits per heavy atom. The minimum atomic E-state index is -0.854. The highest BCUT2D eigenvalue weighted by Gasteiger charge is 2.27. The van der Waals surface area contributed by atoms with Gasteiger partial charge >= 0.3 is 5.97 Å². The molecule has 14 heavy (non-hydrogen) atoms. The van der Waals surface area contributed by atoms with Crippen LogP contribution in [0, 0.1) is 5.41 Å². The number of halogens is 1. The van der Waals surface area contributed by atoms with Gasteiger partial charge in [-0.1, -0.05) is 11.6 Å². The minimum absolute atomic E-state index is 0.330. The van der Waals surface area contributed by atoms with E-state index < -0.39 is 11.4 Å². The molecule has 76 valence electrons. The molecular weight excluding hydrogens is 204 g/mol. The average molecular weight is 215 g/mol. The summed E-state index contributed by atoms with van der Waals surface area (Å²) in [6.45, 7) is 3.29. The minimum Gasteiger partial charge on any atom is -0.481 e. The molecule has 0 unspecified atom stereocenters. The fourth-order valence-electron chi connectivity index (χ4n) is 0.995. The molecule has 4 nitrogen and oxygen atoms in total. The number of nitrogens with zero attached hydrogens (tertiary/aromatic N) is 2. The third-order valence-corrected chi connectivity index (χ3v) is 2.10. The topological polar surface area (TPSA) is 63.1 Å². The van der Waals surface area contributed by atoms with Gasteiger partial charge in [0.25, 0.3) is 0 Å². The summed E-state index contributed by atoms with van der Waals surface area (Å²) >= 11 is 5.65. The molecule has 0 aliphatic heterocycles. The number of carbonyl (C=O) groups is 1. The first-order valence-corrected chi connectivity index (χ1v) is 4.49. The molecule has 1 rings (SSSR count). The first-order chi connectivity index (χ1) is 6.42. The third-order valence-electron chi connectivity index (χ3n) is 1.89. The van der Waals surface area contributed by atoms with Crippen LogP contribution < -0.4 is 0 Å². The van der Waals surface area contributed by atoms with Crippen LogP contribution in [0.25, 0.3) is 0 Å². The molecule has 0 saturated heterocycles. The quantitative estimate of drug-likeness (QED) is 0.780. The third kappa shape index (κ3) is 2.67. The van der Waals surface area contributed by atoms with E-state index in [4.69, 9.17) is 16.7 Å². The van der Waals surface area contributed by atoms with Gasteiger partial charge in [0.15, 0.2) is 0 Å². The number of aliphatic carboxylic acids is 1. The van der Waals surface area contributed by atoms with E-state index in [1.807, 2.05) is 0 Å². The lowest BCUT2D eigenvalue weighted by molar-refractivity contribution is -0.146. The van der Waals surface area contributed by atoms with Gasteiger partial charge in [-0.2, -0.15) is 0 Å². The number of hydrogen-bond acceptors (Lipinski definition) is 3. The van der Waals surface area contributed by atoms with Crippen LogP contribution in [-0.2, 0) is 11.2 Å². The molecule has 0 aliphatic rings. The van der Waals surface area contributed by atoms with E-state index in [1.165, 1.54) is 6.33 Å². The lowest BCUT2D eigenvalue weighted by atomic mass is 9.88. The van der Waals surface area contributed by atoms with E-state index in [0.717, 1.165) is 0 Å². The number of rotatable bonds is 3. The zero-order valence-corrected chi connectivity index (χ0v) is 8.75. The van der Waals surface area contributed by atoms with Gasteiger partial charge < -0.3 is 5.11 Å². The van der Waals surface area contributed by atoms with Gasteiger partial charge in [-0.15, -0.1) is 0 Å². The monoisotopic (exact) mass is 214 g/mol. The molecule has 0 spiro atoms. The summed E-state index contributed by atoms with van der Waals surface area (Å²) in [6, 6.07) is 1.58. The van der Waals surface area contributed by atoms with E-state index in [9.17, 15) is 4.79 Å². The normalized spacial score (nSPS) is 11.4. The molecule has 0 radical (unpaired) electrons. The molecule has 0 bridgehead atoms. The lowest BCUT2D eigenvalue weighted by Crippen LogP contribution is -2.26. The Hall–Kier alpha value is -1.16. The summed E-state index contributed by atoms with van der Waals surface area (Å²) < 4.78 is 0. The summed E-state index contributed by atoms with van der Waals surface area (Å²) in [4.78, 5) is 18.5. The van der Waals surface area contributed by atoms with Gasteiger partial charge in [-0.25, -0.2) is 9.97 Å². The van der Waals surface area contributed by atoms with Gasteiger partial charge in [-0.3, -0.25) is 4.79 Å². The molecule has 1 N–H and O–H groups in total. The van der Waals surface area contributed by atoms with Crippen molar-refractivity contribution in [1.29, 1.82) is 0 Å². The molecule has 1 aromatic heterocycles. The van der Waals surface area contributed by atoms with E-state index >= 15 is 0 Å². The highest BCUT2D eigenvalue weighted by atomic mass is 35.5. The summed E-state index contributed by atoms with van der Waals surface area (Å²) in [7, 11) is 0. The lowest BCUT2D eigenvalue weighted by Gasteiger charge is -2.17. The van der Waals surface area contributed by atoms with Crippen molar-refractivity contribution in [3.8, 4) is 0 Å². The summed E-state index contributed by atoms with van der Waals surface area (Å²) in [5.41, 5.74) is -0.199. The maximum Gasteiger partial charge on any atom is 0.309 e. The Morgan fingerprint density at radius 1 is 1.57 bits per heavy atom. The molecule has 0 amide bonds. The fraction of sp³-hybridized carbons (Fsp3) is 0.444. The summed E-state index contributed by atoms with van der Waals surface area (Å²) in [5, 5.41) is 9.23. The Bertz CT molecular complexity index is 352. The van der Waals surface area contributed by atoms with Crippen LogP contribution in [0.1, 0.15) is 19.5 Å². The van der Waals surface area contributed by atoms with E-state index in [2.05, 4.69) is 9.97 Å². The van der Waals surface area contributed by atoms with Crippen molar-refractivity contribution in [1.82, 2.24) is 9.97 Å². The van der Waals surface area contributed by atoms with E-state index in [0.29, 0.717) is 17.3 Å². The van der Waals surface area contributed by atoms with Gasteiger partial charge in [-0.05, 0) is 19.9 Å². The van der Waals surface area contributed by atoms with Gasteiger partial charge in [0.2, 0.25) is 0 Å². The number of carboxylic acids is 1. The number of carboxylic acid groups (broad SMARTS) is 1. The van der Waals surface area contributed by atoms with Gasteiger partial charge in [0.1, 0.15) is 11.5 Å². The Balaban J connectivity index is 2.83. The molecule has 0 aliphatic carbocycles. The molecule has 0 aromatic carbocycles. The van der Waals surface area contributed by atoms with Crippen LogP contribution in [0.15, 0.2) is 12.4 Å². The second-order valence-electron chi connectivity index (χ2n) is 3.70. The van der Waals surface area contributed by atoms with Crippen LogP contribution in [0.3, 0.4) is 0 Å². The van der Waals surface area contributed by atoms with E-state index in [-0.39, 0.29) is 0 Å². The second kappa shape index (κ2) is 3.92. The predicted octanol–water partition coefficient (Wildman–Crippen LogP) is 1.78. The van der Waals surface area contributed by atoms with Crippen LogP contribution in [0.2, 0.25) is 5.15 Å². The average Bonchev–Trinajstić information content (AvgIpc) is 2.02. The standard InChI is InChI=1S/C9H11ClN2O2/c1-9(2,8(13)14)4-6-3-7(10)12-5-11-6/h3,5H,4H2,1-2H3,(H,13,14). The van der Waals surface area contributed by atoms with Crippen LogP contribution >= 0.6 is 11.6 Å². The largest absolute Gasteiger partial charge is 0.481 e. The molecule has 0 saturated carbocycles. The summed E-state index contributed by atoms with van der Waals surface area (Å²) in [6.07, 6.45) is 1.67. The first kappa shape index (κ1) is 10.9. The molecule has 1 heterocycles. The fourth-order valence-corrected chi connectivity index (χ4v) is 1.16. The maximum atomic E-state index is 10.8. The molecular formula is C9H11ClN2O2. The molecule has 1 aromatic rings. The maximum absolute atomic E-state index is 10.8. The Labute approximate surface area is 87.0 Å². The van der Waals surface area contributed by atoms with Crippen molar-refractivity contribution < 1.29 is 9.90 Å². The molecule has 5 heteroatoms. The second-order valence-corrected chi connectivity index (χ2v) is 4.09. The van der Waals surface area contributed by atoms with Crippen molar-refractivity contribution >= 4 is 17.6 Å².